The molecule has 0 radical (unpaired) electrons. The summed E-state index contributed by atoms with van der Waals surface area (Å²) in [4.78, 5) is 122. The van der Waals surface area contributed by atoms with Crippen molar-refractivity contribution in [2.45, 2.75) is 17.9 Å². The van der Waals surface area contributed by atoms with Crippen molar-refractivity contribution in [2.75, 3.05) is 26.2 Å². The third kappa shape index (κ3) is 14.5. The van der Waals surface area contributed by atoms with Crippen LogP contribution in [-0.2, 0) is 25.6 Å². The number of aliphatic hydroxyl groups is 1. The molecule has 1 aliphatic carbocycles. The summed E-state index contributed by atoms with van der Waals surface area (Å²) in [5, 5.41) is 13.1. The van der Waals surface area contributed by atoms with E-state index in [2.05, 4.69) is 0 Å². The number of carbonyl (C=O) groups is 8. The third-order valence-electron chi connectivity index (χ3n) is 18.2. The van der Waals surface area contributed by atoms with Gasteiger partial charge in [-0.25, -0.2) is 19.2 Å². The number of anilines is 4. The molecule has 5 heterocycles. The zero-order chi connectivity index (χ0) is 76.1. The molecule has 10 aromatic carbocycles. The van der Waals surface area contributed by atoms with Crippen molar-refractivity contribution in [3.05, 3.63) is 323 Å². The Morgan fingerprint density at radius 2 is 0.700 bits per heavy atom. The number of benzene rings is 10. The standard InChI is InChI=1S/C84H50N4O14S8/c89-72-65(35-47-17-5-1-6-18-47)107-80(103)85(72)56-29-13-25-51(39-56)76(93)99-62-34-33-60-69-61-44-64(101-78(95)53-27-15-31-58(41-53)87-74(91)67(109-82(87)105)37-49-21-9-3-10-22-49)63(100-77(94)52-26-14-30-57(40-52)86-73(90)66(108-81(86)104)36-48-19-7-2-8-20-48)43-55(61)45-84(69,97)46-98-70(60)71(62)102-79(96)54-28-16-32-59(42-54)88-75(92)68(110-83(88)106)38-50-23-11-4-12-24-50/h1-44,69,97H,45-46H2/b65-35-,66-36-,67-37-,68-38-/t69-,84+/m0/s1. The summed E-state index contributed by atoms with van der Waals surface area (Å²) in [7, 11) is 0. The van der Waals surface area contributed by atoms with E-state index in [0.717, 1.165) is 69.3 Å². The maximum atomic E-state index is 15.0. The number of fused-ring (bicyclic) bond motifs is 5. The number of thioether (sulfide) groups is 4. The average Bonchev–Trinajstić information content (AvgIpc) is 1.55. The molecule has 4 amide bonds. The highest BCUT2D eigenvalue weighted by atomic mass is 32.2. The average molecular weight is 1600 g/mol. The molecule has 4 fully saturated rings. The van der Waals surface area contributed by atoms with Gasteiger partial charge in [-0.1, -0.05) is 248 Å². The second kappa shape index (κ2) is 30.5. The first-order valence-electron chi connectivity index (χ1n) is 33.6. The zero-order valence-electron chi connectivity index (χ0n) is 56.7. The number of amides is 4. The van der Waals surface area contributed by atoms with E-state index >= 15 is 0 Å². The minimum atomic E-state index is -1.83. The molecule has 1 N–H and O–H groups in total. The summed E-state index contributed by atoms with van der Waals surface area (Å²) in [6, 6.07) is 67.0. The Labute approximate surface area is 666 Å². The largest absolute Gasteiger partial charge is 0.486 e. The van der Waals surface area contributed by atoms with Crippen LogP contribution in [-0.4, -0.2) is 82.1 Å². The van der Waals surface area contributed by atoms with E-state index < -0.39 is 71.4 Å². The van der Waals surface area contributed by atoms with Gasteiger partial charge in [0.2, 0.25) is 5.75 Å². The highest BCUT2D eigenvalue weighted by molar-refractivity contribution is 8.28. The lowest BCUT2D eigenvalue weighted by Crippen LogP contribution is -2.44. The van der Waals surface area contributed by atoms with Gasteiger partial charge in [0.05, 0.1) is 64.6 Å². The van der Waals surface area contributed by atoms with Gasteiger partial charge in [0.15, 0.2) is 40.3 Å². The Morgan fingerprint density at radius 1 is 0.382 bits per heavy atom. The number of hydrogen-bond donors (Lipinski definition) is 1. The molecular weight excluding hydrogens is 1550 g/mol. The highest BCUT2D eigenvalue weighted by Crippen LogP contribution is 2.57. The minimum absolute atomic E-state index is 0.0286. The molecule has 0 unspecified atom stereocenters. The Bertz CT molecular complexity index is 5820. The lowest BCUT2D eigenvalue weighted by atomic mass is 9.80. The van der Waals surface area contributed by atoms with Crippen LogP contribution in [0.25, 0.3) is 24.3 Å². The number of nitrogens with zero attached hydrogens (tertiary/aromatic N) is 4. The van der Waals surface area contributed by atoms with E-state index in [1.165, 1.54) is 92.4 Å². The normalized spacial score (nSPS) is 18.7. The Morgan fingerprint density at radius 3 is 1.05 bits per heavy atom. The van der Waals surface area contributed by atoms with Crippen molar-refractivity contribution in [3.63, 3.8) is 0 Å². The van der Waals surface area contributed by atoms with Crippen LogP contribution in [0, 0.1) is 0 Å². The predicted octanol–water partition coefficient (Wildman–Crippen LogP) is 17.0. The summed E-state index contributed by atoms with van der Waals surface area (Å²) < 4.78 is 32.5. The van der Waals surface area contributed by atoms with Crippen molar-refractivity contribution in [2.24, 2.45) is 0 Å². The van der Waals surface area contributed by atoms with E-state index in [-0.39, 0.29) is 97.3 Å². The molecule has 10 aromatic rings. The Hall–Kier alpha value is -11.6. The molecule has 0 aromatic heterocycles. The van der Waals surface area contributed by atoms with Gasteiger partial charge in [-0.3, -0.25) is 38.8 Å². The topological polar surface area (TPSA) is 216 Å². The van der Waals surface area contributed by atoms with Gasteiger partial charge in [0, 0.05) is 17.9 Å². The summed E-state index contributed by atoms with van der Waals surface area (Å²) >= 11 is 27.3. The van der Waals surface area contributed by atoms with E-state index in [0.29, 0.717) is 30.7 Å². The van der Waals surface area contributed by atoms with Crippen LogP contribution in [0.5, 0.6) is 28.7 Å². The SMILES string of the molecule is O=C(Oc1cc2c(cc1OC(=O)c1cccc(N3C(=O)/C(=C/c4ccccc4)SC3=S)c1)[C@@H]1c3ccc(OC(=O)c4cccc(N5C(=O)/C(=C/c6ccccc6)SC5=S)c4)c(OC(=O)c4cccc(N5C(=O)/C(=C/c6ccccc6)SC5=S)c4)c3OC[C@]1(O)C2)c1cccc(N2C(=O)/C(=C/c3ccccc3)SC2=S)c1. The molecule has 0 bridgehead atoms. The number of carbonyl (C=O) groups excluding carboxylic acids is 8. The summed E-state index contributed by atoms with van der Waals surface area (Å²) in [5.41, 5.74) is 3.05. The van der Waals surface area contributed by atoms with Gasteiger partial charge in [0.25, 0.3) is 23.6 Å². The molecule has 5 aliphatic heterocycles. The highest BCUT2D eigenvalue weighted by Gasteiger charge is 2.52. The van der Waals surface area contributed by atoms with E-state index in [1.807, 2.05) is 121 Å². The molecule has 0 spiro atoms. The van der Waals surface area contributed by atoms with Crippen molar-refractivity contribution in [1.29, 1.82) is 0 Å². The van der Waals surface area contributed by atoms with Gasteiger partial charge >= 0.3 is 23.9 Å². The first-order chi connectivity index (χ1) is 53.3. The molecule has 16 rings (SSSR count). The Balaban J connectivity index is 0.758. The van der Waals surface area contributed by atoms with Crippen molar-refractivity contribution >= 4 is 208 Å². The fourth-order valence-electron chi connectivity index (χ4n) is 13.1. The number of esters is 4. The quantitative estimate of drug-likeness (QED) is 0.0412. The molecule has 6 aliphatic rings. The molecular formula is C84H50N4O14S8. The molecule has 110 heavy (non-hydrogen) atoms. The van der Waals surface area contributed by atoms with Gasteiger partial charge < -0.3 is 28.8 Å². The van der Waals surface area contributed by atoms with Gasteiger partial charge in [0.1, 0.15) is 12.2 Å². The maximum Gasteiger partial charge on any atom is 0.343 e. The first kappa shape index (κ1) is 72.6. The smallest absolute Gasteiger partial charge is 0.343 e. The van der Waals surface area contributed by atoms with Crippen LogP contribution in [0.2, 0.25) is 0 Å². The third-order valence-corrected chi connectivity index (χ3v) is 23.4. The van der Waals surface area contributed by atoms with Crippen LogP contribution in [0.3, 0.4) is 0 Å². The predicted molar refractivity (Wildman–Crippen MR) is 443 cm³/mol. The summed E-state index contributed by atoms with van der Waals surface area (Å²) in [5.74, 6) is -8.16. The number of thiocarbonyl (C=S) groups is 4. The fourth-order valence-corrected chi connectivity index (χ4v) is 18.3. The number of ether oxygens (including phenoxy) is 5. The lowest BCUT2D eigenvalue weighted by molar-refractivity contribution is -0.114. The van der Waals surface area contributed by atoms with Crippen molar-refractivity contribution < 1.29 is 67.1 Å². The van der Waals surface area contributed by atoms with Gasteiger partial charge in [-0.05, 0) is 149 Å². The molecule has 26 heteroatoms. The second-order valence-electron chi connectivity index (χ2n) is 25.3. The van der Waals surface area contributed by atoms with Gasteiger partial charge in [-0.15, -0.1) is 0 Å². The number of hydrogen-bond acceptors (Lipinski definition) is 22. The van der Waals surface area contributed by atoms with E-state index in [1.54, 1.807) is 72.8 Å². The van der Waals surface area contributed by atoms with Crippen LogP contribution in [0.4, 0.5) is 22.7 Å². The van der Waals surface area contributed by atoms with Crippen LogP contribution < -0.4 is 43.3 Å². The molecule has 0 saturated carbocycles. The van der Waals surface area contributed by atoms with Crippen LogP contribution in [0.15, 0.2) is 262 Å². The second-order valence-corrected chi connectivity index (χ2v) is 32.0. The first-order valence-corrected chi connectivity index (χ1v) is 38.5. The number of rotatable bonds is 16. The minimum Gasteiger partial charge on any atom is -0.486 e. The van der Waals surface area contributed by atoms with Crippen LogP contribution >= 0.6 is 95.9 Å². The van der Waals surface area contributed by atoms with Crippen molar-refractivity contribution in [3.8, 4) is 28.7 Å². The maximum absolute atomic E-state index is 15.0. The van der Waals surface area contributed by atoms with E-state index in [4.69, 9.17) is 72.6 Å². The molecule has 4 saturated heterocycles. The monoisotopic (exact) mass is 1590 g/mol. The van der Waals surface area contributed by atoms with E-state index in [9.17, 15) is 43.5 Å². The fraction of sp³-hybridized carbons (Fsp3) is 0.0476. The molecule has 2 atom stereocenters. The molecule has 18 nitrogen and oxygen atoms in total. The summed E-state index contributed by atoms with van der Waals surface area (Å²) in [6.07, 6.45) is 6.72. The van der Waals surface area contributed by atoms with Gasteiger partial charge in [-0.2, -0.15) is 0 Å². The van der Waals surface area contributed by atoms with Crippen LogP contribution in [0.1, 0.15) is 86.3 Å². The van der Waals surface area contributed by atoms with Crippen molar-refractivity contribution in [1.82, 2.24) is 0 Å². The summed E-state index contributed by atoms with van der Waals surface area (Å²) in [6.45, 7) is -0.495. The Kier molecular flexibility index (Phi) is 20.1. The molecule has 538 valence electrons. The lowest BCUT2D eigenvalue weighted by Gasteiger charge is -2.37. The zero-order valence-corrected chi connectivity index (χ0v) is 63.2.